The number of pyridine rings is 1. The normalized spacial score (nSPS) is 11.7. The third-order valence-corrected chi connectivity index (χ3v) is 4.55. The predicted molar refractivity (Wildman–Crippen MR) is 108 cm³/mol. The summed E-state index contributed by atoms with van der Waals surface area (Å²) >= 11 is 0. The summed E-state index contributed by atoms with van der Waals surface area (Å²) in [6, 6.07) is 12.3. The standard InChI is InChI=1S/C22H24N4O3/c1-4-29-22(28)21(24-19(27)13-17-9-8-12-23-14-17)20-15(2)25-26(16(20)3)18-10-6-5-7-11-18/h5-12,14,21H,4,13H2,1-3H3,(H,24,27)/t21-/m1/s1. The molecule has 2 heterocycles. The minimum Gasteiger partial charge on any atom is -0.464 e. The van der Waals surface area contributed by atoms with Crippen LogP contribution in [0, 0.1) is 13.8 Å². The van der Waals surface area contributed by atoms with Crippen LogP contribution in [0.5, 0.6) is 0 Å². The quantitative estimate of drug-likeness (QED) is 0.625. The average Bonchev–Trinajstić information content (AvgIpc) is 3.02. The van der Waals surface area contributed by atoms with E-state index in [0.717, 1.165) is 16.9 Å². The van der Waals surface area contributed by atoms with E-state index in [1.165, 1.54) is 0 Å². The van der Waals surface area contributed by atoms with Crippen molar-refractivity contribution in [1.29, 1.82) is 0 Å². The Bertz CT molecular complexity index is 984. The molecule has 0 aliphatic heterocycles. The lowest BCUT2D eigenvalue weighted by atomic mass is 10.0. The number of hydrogen-bond acceptors (Lipinski definition) is 5. The second-order valence-corrected chi connectivity index (χ2v) is 6.62. The Labute approximate surface area is 169 Å². The first-order valence-electron chi connectivity index (χ1n) is 9.47. The van der Waals surface area contributed by atoms with E-state index in [9.17, 15) is 9.59 Å². The van der Waals surface area contributed by atoms with E-state index in [2.05, 4.69) is 15.4 Å². The molecule has 1 atom stereocenters. The number of rotatable bonds is 7. The molecule has 3 aromatic rings. The van der Waals surface area contributed by atoms with Crippen LogP contribution < -0.4 is 5.32 Å². The predicted octanol–water partition coefficient (Wildman–Crippen LogP) is 2.85. The molecule has 0 aliphatic rings. The average molecular weight is 392 g/mol. The van der Waals surface area contributed by atoms with E-state index in [0.29, 0.717) is 11.3 Å². The number of carbonyl (C=O) groups is 2. The van der Waals surface area contributed by atoms with Crippen LogP contribution in [0.1, 0.15) is 35.5 Å². The summed E-state index contributed by atoms with van der Waals surface area (Å²) in [5.41, 5.74) is 3.72. The van der Waals surface area contributed by atoms with Gasteiger partial charge >= 0.3 is 5.97 Å². The van der Waals surface area contributed by atoms with Gasteiger partial charge in [0.2, 0.25) is 5.91 Å². The van der Waals surface area contributed by atoms with E-state index in [-0.39, 0.29) is 18.9 Å². The number of carbonyl (C=O) groups excluding carboxylic acids is 2. The highest BCUT2D eigenvalue weighted by Gasteiger charge is 2.30. The van der Waals surface area contributed by atoms with Gasteiger partial charge in [0.1, 0.15) is 0 Å². The van der Waals surface area contributed by atoms with Crippen LogP contribution in [-0.4, -0.2) is 33.2 Å². The first-order chi connectivity index (χ1) is 14.0. The third-order valence-electron chi connectivity index (χ3n) is 4.55. The number of hydrogen-bond donors (Lipinski definition) is 1. The number of ether oxygens (including phenoxy) is 1. The SMILES string of the molecule is CCOC(=O)[C@H](NC(=O)Cc1cccnc1)c1c(C)nn(-c2ccccc2)c1C. The van der Waals surface area contributed by atoms with Gasteiger partial charge in [0.25, 0.3) is 0 Å². The lowest BCUT2D eigenvalue weighted by Gasteiger charge is -2.18. The molecule has 7 nitrogen and oxygen atoms in total. The molecule has 150 valence electrons. The van der Waals surface area contributed by atoms with Crippen molar-refractivity contribution in [3.63, 3.8) is 0 Å². The Hall–Kier alpha value is -3.48. The highest BCUT2D eigenvalue weighted by molar-refractivity contribution is 5.87. The molecular weight excluding hydrogens is 368 g/mol. The van der Waals surface area contributed by atoms with E-state index < -0.39 is 12.0 Å². The Morgan fingerprint density at radius 2 is 1.90 bits per heavy atom. The fourth-order valence-corrected chi connectivity index (χ4v) is 3.27. The van der Waals surface area contributed by atoms with Crippen LogP contribution in [0.2, 0.25) is 0 Å². The molecule has 2 aromatic heterocycles. The van der Waals surface area contributed by atoms with Crippen LogP contribution in [-0.2, 0) is 20.7 Å². The fraction of sp³-hybridized carbons (Fsp3) is 0.273. The molecule has 29 heavy (non-hydrogen) atoms. The van der Waals surface area contributed by atoms with Crippen molar-refractivity contribution in [2.24, 2.45) is 0 Å². The molecule has 0 aliphatic carbocycles. The molecule has 0 saturated heterocycles. The lowest BCUT2D eigenvalue weighted by molar-refractivity contribution is -0.147. The van der Waals surface area contributed by atoms with Gasteiger partial charge < -0.3 is 10.1 Å². The van der Waals surface area contributed by atoms with Gasteiger partial charge in [-0.3, -0.25) is 9.78 Å². The zero-order valence-electron chi connectivity index (χ0n) is 16.8. The second-order valence-electron chi connectivity index (χ2n) is 6.62. The Morgan fingerprint density at radius 1 is 1.14 bits per heavy atom. The number of esters is 1. The Kier molecular flexibility index (Phi) is 6.39. The molecule has 0 radical (unpaired) electrons. The summed E-state index contributed by atoms with van der Waals surface area (Å²) < 4.78 is 7.00. The van der Waals surface area contributed by atoms with Crippen LogP contribution in [0.15, 0.2) is 54.9 Å². The molecule has 1 aromatic carbocycles. The Balaban J connectivity index is 1.92. The minimum absolute atomic E-state index is 0.120. The van der Waals surface area contributed by atoms with Gasteiger partial charge in [0.05, 0.1) is 24.4 Å². The van der Waals surface area contributed by atoms with Crippen molar-refractivity contribution >= 4 is 11.9 Å². The number of nitrogens with one attached hydrogen (secondary N) is 1. The van der Waals surface area contributed by atoms with Gasteiger partial charge in [0.15, 0.2) is 6.04 Å². The van der Waals surface area contributed by atoms with Crippen molar-refractivity contribution in [1.82, 2.24) is 20.1 Å². The van der Waals surface area contributed by atoms with E-state index in [4.69, 9.17) is 4.74 Å². The van der Waals surface area contributed by atoms with Gasteiger partial charge in [-0.2, -0.15) is 5.10 Å². The first kappa shape index (κ1) is 20.3. The van der Waals surface area contributed by atoms with Crippen molar-refractivity contribution in [3.8, 4) is 5.69 Å². The lowest BCUT2D eigenvalue weighted by Crippen LogP contribution is -2.36. The molecule has 0 saturated carbocycles. The minimum atomic E-state index is -0.934. The largest absolute Gasteiger partial charge is 0.464 e. The zero-order valence-corrected chi connectivity index (χ0v) is 16.8. The van der Waals surface area contributed by atoms with Gasteiger partial charge in [-0.15, -0.1) is 0 Å². The number of aryl methyl sites for hydroxylation is 1. The number of para-hydroxylation sites is 1. The summed E-state index contributed by atoms with van der Waals surface area (Å²) in [6.07, 6.45) is 3.39. The first-order valence-corrected chi connectivity index (χ1v) is 9.47. The van der Waals surface area contributed by atoms with Crippen molar-refractivity contribution in [2.45, 2.75) is 33.2 Å². The van der Waals surface area contributed by atoms with Gasteiger partial charge in [0, 0.05) is 23.7 Å². The highest BCUT2D eigenvalue weighted by Crippen LogP contribution is 2.25. The van der Waals surface area contributed by atoms with Crippen molar-refractivity contribution < 1.29 is 14.3 Å². The molecular formula is C22H24N4O3. The van der Waals surface area contributed by atoms with Crippen molar-refractivity contribution in [3.05, 3.63) is 77.4 Å². The summed E-state index contributed by atoms with van der Waals surface area (Å²) in [6.45, 7) is 5.65. The summed E-state index contributed by atoms with van der Waals surface area (Å²) in [7, 11) is 0. The summed E-state index contributed by atoms with van der Waals surface area (Å²) in [5.74, 6) is -0.798. The van der Waals surface area contributed by atoms with Gasteiger partial charge in [-0.05, 0) is 44.5 Å². The maximum atomic E-state index is 12.7. The van der Waals surface area contributed by atoms with E-state index >= 15 is 0 Å². The Morgan fingerprint density at radius 3 is 2.55 bits per heavy atom. The molecule has 0 fully saturated rings. The van der Waals surface area contributed by atoms with Crippen LogP contribution >= 0.6 is 0 Å². The number of aromatic nitrogens is 3. The second kappa shape index (κ2) is 9.14. The summed E-state index contributed by atoms with van der Waals surface area (Å²) in [5, 5.41) is 7.40. The maximum absolute atomic E-state index is 12.7. The summed E-state index contributed by atoms with van der Waals surface area (Å²) in [4.78, 5) is 29.3. The number of benzene rings is 1. The topological polar surface area (TPSA) is 86.1 Å². The van der Waals surface area contributed by atoms with Crippen LogP contribution in [0.3, 0.4) is 0 Å². The molecule has 0 spiro atoms. The van der Waals surface area contributed by atoms with Crippen LogP contribution in [0.25, 0.3) is 5.69 Å². The molecule has 7 heteroatoms. The number of amides is 1. The zero-order chi connectivity index (χ0) is 20.8. The highest BCUT2D eigenvalue weighted by atomic mass is 16.5. The maximum Gasteiger partial charge on any atom is 0.333 e. The van der Waals surface area contributed by atoms with E-state index in [1.807, 2.05) is 50.2 Å². The van der Waals surface area contributed by atoms with Crippen LogP contribution in [0.4, 0.5) is 0 Å². The molecule has 0 bridgehead atoms. The fourth-order valence-electron chi connectivity index (χ4n) is 3.27. The van der Waals surface area contributed by atoms with Gasteiger partial charge in [-0.25, -0.2) is 9.48 Å². The molecule has 1 amide bonds. The monoisotopic (exact) mass is 392 g/mol. The smallest absolute Gasteiger partial charge is 0.333 e. The molecule has 1 N–H and O–H groups in total. The third kappa shape index (κ3) is 4.68. The number of nitrogens with zero attached hydrogens (tertiary/aromatic N) is 3. The van der Waals surface area contributed by atoms with Gasteiger partial charge in [-0.1, -0.05) is 24.3 Å². The van der Waals surface area contributed by atoms with Crippen molar-refractivity contribution in [2.75, 3.05) is 6.61 Å². The molecule has 0 unspecified atom stereocenters. The van der Waals surface area contributed by atoms with E-state index in [1.54, 1.807) is 30.1 Å². The molecule has 3 rings (SSSR count).